The molecule has 76 valence electrons. The number of hydrogen-bond acceptors (Lipinski definition) is 3. The first-order chi connectivity index (χ1) is 6.83. The van der Waals surface area contributed by atoms with E-state index in [4.69, 9.17) is 9.47 Å². The Hall–Kier alpha value is -1.08. The smallest absolute Gasteiger partial charge is 0.309 e. The molecule has 0 fully saturated rings. The van der Waals surface area contributed by atoms with Crippen LogP contribution in [0.15, 0.2) is 30.3 Å². The lowest BCUT2D eigenvalue weighted by atomic mass is 10.3. The molecule has 0 aromatic heterocycles. The van der Waals surface area contributed by atoms with Crippen molar-refractivity contribution < 1.29 is 14.3 Å². The van der Waals surface area contributed by atoms with Gasteiger partial charge in [-0.3, -0.25) is 4.79 Å². The van der Waals surface area contributed by atoms with Crippen LogP contribution < -0.4 is 4.74 Å². The molecule has 4 heteroatoms. The summed E-state index contributed by atoms with van der Waals surface area (Å²) in [4.78, 5) is 10.7. The monoisotopic (exact) mass is 212 g/mol. The summed E-state index contributed by atoms with van der Waals surface area (Å²) in [5.41, 5.74) is 0. The van der Waals surface area contributed by atoms with Gasteiger partial charge in [-0.25, -0.2) is 0 Å². The van der Waals surface area contributed by atoms with Crippen LogP contribution >= 0.6 is 9.24 Å². The van der Waals surface area contributed by atoms with E-state index in [1.165, 1.54) is 0 Å². The van der Waals surface area contributed by atoms with Gasteiger partial charge in [0.1, 0.15) is 19.0 Å². The van der Waals surface area contributed by atoms with E-state index in [0.717, 1.165) is 5.75 Å². The third-order valence-electron chi connectivity index (χ3n) is 1.52. The van der Waals surface area contributed by atoms with E-state index in [0.29, 0.717) is 19.4 Å². The number of esters is 1. The second kappa shape index (κ2) is 6.39. The molecule has 0 N–H and O–H groups in total. The summed E-state index contributed by atoms with van der Waals surface area (Å²) in [5, 5.41) is 0. The van der Waals surface area contributed by atoms with Crippen LogP contribution in [0.2, 0.25) is 0 Å². The van der Waals surface area contributed by atoms with Crippen LogP contribution in [0.5, 0.6) is 5.75 Å². The van der Waals surface area contributed by atoms with E-state index in [9.17, 15) is 4.79 Å². The lowest BCUT2D eigenvalue weighted by Gasteiger charge is -2.05. The number of para-hydroxylation sites is 1. The molecule has 1 aromatic rings. The average molecular weight is 212 g/mol. The third-order valence-corrected chi connectivity index (χ3v) is 1.86. The minimum atomic E-state index is -0.230. The van der Waals surface area contributed by atoms with Crippen molar-refractivity contribution in [1.29, 1.82) is 0 Å². The maximum atomic E-state index is 10.7. The van der Waals surface area contributed by atoms with Gasteiger partial charge in [0, 0.05) is 0 Å². The zero-order valence-electron chi connectivity index (χ0n) is 7.81. The summed E-state index contributed by atoms with van der Waals surface area (Å²) in [6.07, 6.45) is 0.325. The van der Waals surface area contributed by atoms with Gasteiger partial charge in [-0.2, -0.15) is 0 Å². The Morgan fingerprint density at radius 1 is 1.21 bits per heavy atom. The molecule has 1 aromatic carbocycles. The van der Waals surface area contributed by atoms with E-state index in [2.05, 4.69) is 9.24 Å². The Kier molecular flexibility index (Phi) is 5.02. The van der Waals surface area contributed by atoms with Crippen molar-refractivity contribution in [2.45, 2.75) is 0 Å². The van der Waals surface area contributed by atoms with Crippen molar-refractivity contribution in [3.63, 3.8) is 0 Å². The Morgan fingerprint density at radius 3 is 2.57 bits per heavy atom. The van der Waals surface area contributed by atoms with Crippen LogP contribution in [0, 0.1) is 0 Å². The van der Waals surface area contributed by atoms with Gasteiger partial charge < -0.3 is 9.47 Å². The van der Waals surface area contributed by atoms with Gasteiger partial charge >= 0.3 is 5.97 Å². The van der Waals surface area contributed by atoms with Gasteiger partial charge in [0.05, 0.1) is 6.16 Å². The van der Waals surface area contributed by atoms with Gasteiger partial charge in [-0.15, -0.1) is 9.24 Å². The SMILES string of the molecule is O=C(CP)OCCOc1ccccc1. The topological polar surface area (TPSA) is 35.5 Å². The predicted octanol–water partition coefficient (Wildman–Crippen LogP) is 1.48. The predicted molar refractivity (Wildman–Crippen MR) is 57.5 cm³/mol. The van der Waals surface area contributed by atoms with Gasteiger partial charge in [-0.05, 0) is 12.1 Å². The van der Waals surface area contributed by atoms with Gasteiger partial charge in [0.15, 0.2) is 0 Å². The Bertz CT molecular complexity index is 274. The molecule has 0 aliphatic carbocycles. The van der Waals surface area contributed by atoms with Crippen LogP contribution in [0.3, 0.4) is 0 Å². The normalized spacial score (nSPS) is 9.50. The molecular formula is C10H13O3P. The quantitative estimate of drug-likeness (QED) is 0.421. The van der Waals surface area contributed by atoms with E-state index in [-0.39, 0.29) is 5.97 Å². The first kappa shape index (κ1) is 11.0. The largest absolute Gasteiger partial charge is 0.490 e. The number of carbonyl (C=O) groups excluding carboxylic acids is 1. The van der Waals surface area contributed by atoms with E-state index in [1.807, 2.05) is 30.3 Å². The molecule has 14 heavy (non-hydrogen) atoms. The minimum Gasteiger partial charge on any atom is -0.490 e. The molecule has 0 radical (unpaired) electrons. The average Bonchev–Trinajstić information content (AvgIpc) is 2.25. The lowest BCUT2D eigenvalue weighted by molar-refractivity contribution is -0.141. The van der Waals surface area contributed by atoms with Crippen LogP contribution in [0.25, 0.3) is 0 Å². The van der Waals surface area contributed by atoms with Gasteiger partial charge in [0.25, 0.3) is 0 Å². The van der Waals surface area contributed by atoms with Gasteiger partial charge in [-0.1, -0.05) is 18.2 Å². The number of hydrogen-bond donors (Lipinski definition) is 0. The number of rotatable bonds is 5. The molecule has 1 atom stereocenters. The Morgan fingerprint density at radius 2 is 1.93 bits per heavy atom. The summed E-state index contributed by atoms with van der Waals surface area (Å²) in [6, 6.07) is 9.42. The van der Waals surface area contributed by atoms with E-state index >= 15 is 0 Å². The zero-order chi connectivity index (χ0) is 10.2. The van der Waals surface area contributed by atoms with Crippen molar-refractivity contribution >= 4 is 15.2 Å². The number of benzene rings is 1. The summed E-state index contributed by atoms with van der Waals surface area (Å²) < 4.78 is 10.1. The van der Waals surface area contributed by atoms with E-state index in [1.54, 1.807) is 0 Å². The number of ether oxygens (including phenoxy) is 2. The first-order valence-electron chi connectivity index (χ1n) is 4.36. The maximum absolute atomic E-state index is 10.7. The van der Waals surface area contributed by atoms with Crippen LogP contribution in [0.4, 0.5) is 0 Å². The molecule has 0 bridgehead atoms. The zero-order valence-corrected chi connectivity index (χ0v) is 8.96. The fourth-order valence-corrected chi connectivity index (χ4v) is 1.01. The summed E-state index contributed by atoms with van der Waals surface area (Å²) in [6.45, 7) is 0.683. The van der Waals surface area contributed by atoms with Crippen molar-refractivity contribution in [2.24, 2.45) is 0 Å². The standard InChI is InChI=1S/C10H13O3P/c11-10(8-14)13-7-6-12-9-4-2-1-3-5-9/h1-5H,6-8,14H2. The molecule has 0 spiro atoms. The van der Waals surface area contributed by atoms with E-state index < -0.39 is 0 Å². The molecule has 0 amide bonds. The Balaban J connectivity index is 2.13. The van der Waals surface area contributed by atoms with Crippen molar-refractivity contribution in [3.05, 3.63) is 30.3 Å². The summed E-state index contributed by atoms with van der Waals surface area (Å²) >= 11 is 0. The fraction of sp³-hybridized carbons (Fsp3) is 0.300. The highest BCUT2D eigenvalue weighted by Crippen LogP contribution is 2.07. The highest BCUT2D eigenvalue weighted by Gasteiger charge is 1.97. The first-order valence-corrected chi connectivity index (χ1v) is 5.18. The Labute approximate surface area is 85.6 Å². The molecule has 0 saturated carbocycles. The lowest BCUT2D eigenvalue weighted by Crippen LogP contribution is -2.12. The third kappa shape index (κ3) is 4.24. The molecular weight excluding hydrogens is 199 g/mol. The second-order valence-corrected chi connectivity index (χ2v) is 2.99. The molecule has 1 rings (SSSR count). The summed E-state index contributed by atoms with van der Waals surface area (Å²) in [7, 11) is 2.31. The van der Waals surface area contributed by atoms with Crippen LogP contribution in [-0.4, -0.2) is 25.3 Å². The molecule has 0 saturated heterocycles. The molecule has 0 aliphatic heterocycles. The summed E-state index contributed by atoms with van der Waals surface area (Å²) in [5.74, 6) is 0.557. The van der Waals surface area contributed by atoms with Crippen molar-refractivity contribution in [1.82, 2.24) is 0 Å². The molecule has 1 unspecified atom stereocenters. The highest BCUT2D eigenvalue weighted by molar-refractivity contribution is 7.18. The highest BCUT2D eigenvalue weighted by atomic mass is 31.0. The molecule has 0 aliphatic rings. The van der Waals surface area contributed by atoms with Crippen molar-refractivity contribution in [2.75, 3.05) is 19.4 Å². The van der Waals surface area contributed by atoms with Crippen LogP contribution in [-0.2, 0) is 9.53 Å². The second-order valence-electron chi connectivity index (χ2n) is 2.59. The maximum Gasteiger partial charge on any atom is 0.309 e. The fourth-order valence-electron chi connectivity index (χ4n) is 0.891. The minimum absolute atomic E-state index is 0.230. The number of carbonyl (C=O) groups is 1. The molecule has 3 nitrogen and oxygen atoms in total. The van der Waals surface area contributed by atoms with Crippen LogP contribution in [0.1, 0.15) is 0 Å². The molecule has 0 heterocycles. The van der Waals surface area contributed by atoms with Crippen molar-refractivity contribution in [3.8, 4) is 5.75 Å². The van der Waals surface area contributed by atoms with Gasteiger partial charge in [0.2, 0.25) is 0 Å².